The maximum absolute atomic E-state index is 12.9. The van der Waals surface area contributed by atoms with Crippen LogP contribution in [0.2, 0.25) is 0 Å². The molecule has 3 N–H and O–H groups in total. The number of H-pyrrole nitrogens is 1. The molecule has 0 atom stereocenters. The van der Waals surface area contributed by atoms with Crippen molar-refractivity contribution < 1.29 is 13.2 Å². The van der Waals surface area contributed by atoms with Gasteiger partial charge in [0.05, 0.1) is 0 Å². The van der Waals surface area contributed by atoms with Gasteiger partial charge in [0.1, 0.15) is 5.69 Å². The Morgan fingerprint density at radius 2 is 2.00 bits per heavy atom. The van der Waals surface area contributed by atoms with Crippen molar-refractivity contribution in [3.63, 3.8) is 0 Å². The zero-order valence-electron chi connectivity index (χ0n) is 9.36. The lowest BCUT2D eigenvalue weighted by atomic mass is 10.1. The highest BCUT2D eigenvalue weighted by Crippen LogP contribution is 2.36. The second-order valence-electron chi connectivity index (χ2n) is 4.01. The lowest BCUT2D eigenvalue weighted by molar-refractivity contribution is -0.141. The second kappa shape index (κ2) is 4.07. The average Bonchev–Trinajstić information content (AvgIpc) is 2.59. The summed E-state index contributed by atoms with van der Waals surface area (Å²) in [6.45, 7) is 1.98. The molecule has 2 rings (SSSR count). The van der Waals surface area contributed by atoms with Gasteiger partial charge >= 0.3 is 6.18 Å². The number of aromatic amines is 1. The molecule has 2 aromatic rings. The molecule has 0 aliphatic carbocycles. The van der Waals surface area contributed by atoms with Gasteiger partial charge in [0, 0.05) is 10.9 Å². The summed E-state index contributed by atoms with van der Waals surface area (Å²) in [6.07, 6.45) is -4.14. The number of halogens is 3. The van der Waals surface area contributed by atoms with Gasteiger partial charge in [0.2, 0.25) is 0 Å². The third-order valence-corrected chi connectivity index (χ3v) is 2.83. The SMILES string of the molecule is Cc1cccc2c(CCN)c(C(F)(F)F)[nH]c12. The summed E-state index contributed by atoms with van der Waals surface area (Å²) in [5.74, 6) is 0. The first-order valence-electron chi connectivity index (χ1n) is 5.32. The summed E-state index contributed by atoms with van der Waals surface area (Å²) in [7, 11) is 0. The molecule has 0 saturated carbocycles. The van der Waals surface area contributed by atoms with Crippen LogP contribution < -0.4 is 5.73 Å². The third-order valence-electron chi connectivity index (χ3n) is 2.83. The Kier molecular flexibility index (Phi) is 2.87. The third kappa shape index (κ3) is 2.02. The first kappa shape index (κ1) is 12.0. The van der Waals surface area contributed by atoms with Crippen molar-refractivity contribution in [1.82, 2.24) is 4.98 Å². The standard InChI is InChI=1S/C12H13F3N2/c1-7-3-2-4-8-9(5-6-16)11(12(13,14)15)17-10(7)8/h2-4,17H,5-6,16H2,1H3. The molecule has 0 saturated heterocycles. The number of aromatic nitrogens is 1. The van der Waals surface area contributed by atoms with Crippen LogP contribution in [0.3, 0.4) is 0 Å². The molecule has 1 aromatic carbocycles. The highest BCUT2D eigenvalue weighted by atomic mass is 19.4. The van der Waals surface area contributed by atoms with Crippen LogP contribution in [0.5, 0.6) is 0 Å². The summed E-state index contributed by atoms with van der Waals surface area (Å²) in [4.78, 5) is 2.48. The Bertz CT molecular complexity index is 540. The number of hydrogen-bond donors (Lipinski definition) is 2. The summed E-state index contributed by atoms with van der Waals surface area (Å²) >= 11 is 0. The van der Waals surface area contributed by atoms with Gasteiger partial charge < -0.3 is 10.7 Å². The lowest BCUT2D eigenvalue weighted by Crippen LogP contribution is -2.11. The maximum Gasteiger partial charge on any atom is 0.431 e. The highest BCUT2D eigenvalue weighted by molar-refractivity contribution is 5.87. The minimum Gasteiger partial charge on any atom is -0.351 e. The molecule has 0 aliphatic heterocycles. The van der Waals surface area contributed by atoms with Crippen molar-refractivity contribution >= 4 is 10.9 Å². The highest BCUT2D eigenvalue weighted by Gasteiger charge is 2.36. The van der Waals surface area contributed by atoms with Gasteiger partial charge in [-0.05, 0) is 31.0 Å². The first-order valence-corrected chi connectivity index (χ1v) is 5.32. The number of benzene rings is 1. The molecule has 0 unspecified atom stereocenters. The van der Waals surface area contributed by atoms with Crippen LogP contribution in [0.15, 0.2) is 18.2 Å². The van der Waals surface area contributed by atoms with E-state index in [1.807, 2.05) is 0 Å². The number of rotatable bonds is 2. The number of alkyl halides is 3. The zero-order valence-corrected chi connectivity index (χ0v) is 9.36. The number of fused-ring (bicyclic) bond motifs is 1. The fraction of sp³-hybridized carbons (Fsp3) is 0.333. The smallest absolute Gasteiger partial charge is 0.351 e. The van der Waals surface area contributed by atoms with Crippen LogP contribution in [-0.2, 0) is 12.6 Å². The van der Waals surface area contributed by atoms with Gasteiger partial charge in [0.15, 0.2) is 0 Å². The monoisotopic (exact) mass is 242 g/mol. The van der Waals surface area contributed by atoms with Crippen molar-refractivity contribution in [2.75, 3.05) is 6.54 Å². The van der Waals surface area contributed by atoms with Gasteiger partial charge in [0.25, 0.3) is 0 Å². The molecule has 0 fully saturated rings. The molecule has 5 heteroatoms. The van der Waals surface area contributed by atoms with E-state index in [-0.39, 0.29) is 18.5 Å². The van der Waals surface area contributed by atoms with E-state index >= 15 is 0 Å². The maximum atomic E-state index is 12.9. The molecular formula is C12H13F3N2. The first-order chi connectivity index (χ1) is 7.95. The van der Waals surface area contributed by atoms with E-state index in [4.69, 9.17) is 5.73 Å². The Hall–Kier alpha value is -1.49. The fourth-order valence-corrected chi connectivity index (χ4v) is 2.07. The molecule has 92 valence electrons. The topological polar surface area (TPSA) is 41.8 Å². The molecule has 2 nitrogen and oxygen atoms in total. The van der Waals surface area contributed by atoms with Crippen LogP contribution >= 0.6 is 0 Å². The average molecular weight is 242 g/mol. The van der Waals surface area contributed by atoms with Crippen LogP contribution in [0, 0.1) is 6.92 Å². The summed E-state index contributed by atoms with van der Waals surface area (Å²) in [6, 6.07) is 5.23. The molecule has 0 spiro atoms. The Morgan fingerprint density at radius 1 is 1.29 bits per heavy atom. The second-order valence-corrected chi connectivity index (χ2v) is 4.01. The molecule has 0 aliphatic rings. The van der Waals surface area contributed by atoms with Gasteiger partial charge in [-0.25, -0.2) is 0 Å². The fourth-order valence-electron chi connectivity index (χ4n) is 2.07. The molecule has 17 heavy (non-hydrogen) atoms. The Balaban J connectivity index is 2.75. The number of nitrogens with two attached hydrogens (primary N) is 1. The molecule has 1 aromatic heterocycles. The number of nitrogens with one attached hydrogen (secondary N) is 1. The Morgan fingerprint density at radius 3 is 2.59 bits per heavy atom. The van der Waals surface area contributed by atoms with Gasteiger partial charge in [-0.2, -0.15) is 13.2 Å². The zero-order chi connectivity index (χ0) is 12.6. The van der Waals surface area contributed by atoms with Crippen LogP contribution in [0.25, 0.3) is 10.9 Å². The van der Waals surface area contributed by atoms with Crippen molar-refractivity contribution in [2.24, 2.45) is 5.73 Å². The van der Waals surface area contributed by atoms with Crippen LogP contribution in [0.1, 0.15) is 16.8 Å². The normalized spacial score (nSPS) is 12.3. The number of para-hydroxylation sites is 1. The van der Waals surface area contributed by atoms with E-state index < -0.39 is 11.9 Å². The largest absolute Gasteiger partial charge is 0.431 e. The van der Waals surface area contributed by atoms with Crippen molar-refractivity contribution in [2.45, 2.75) is 19.5 Å². The molecule has 0 bridgehead atoms. The number of hydrogen-bond acceptors (Lipinski definition) is 1. The molecule has 0 amide bonds. The lowest BCUT2D eigenvalue weighted by Gasteiger charge is -2.07. The Labute approximate surface area is 96.6 Å². The van der Waals surface area contributed by atoms with Gasteiger partial charge in [-0.3, -0.25) is 0 Å². The predicted molar refractivity (Wildman–Crippen MR) is 60.8 cm³/mol. The van der Waals surface area contributed by atoms with E-state index in [9.17, 15) is 13.2 Å². The van der Waals surface area contributed by atoms with E-state index in [0.29, 0.717) is 10.9 Å². The van der Waals surface area contributed by atoms with E-state index in [2.05, 4.69) is 4.98 Å². The van der Waals surface area contributed by atoms with Crippen LogP contribution in [-0.4, -0.2) is 11.5 Å². The van der Waals surface area contributed by atoms with Crippen LogP contribution in [0.4, 0.5) is 13.2 Å². The molecule has 0 radical (unpaired) electrons. The van der Waals surface area contributed by atoms with E-state index in [1.165, 1.54) is 0 Å². The van der Waals surface area contributed by atoms with Crippen molar-refractivity contribution in [1.29, 1.82) is 0 Å². The minimum atomic E-state index is -4.37. The molecular weight excluding hydrogens is 229 g/mol. The van der Waals surface area contributed by atoms with Crippen molar-refractivity contribution in [3.8, 4) is 0 Å². The summed E-state index contributed by atoms with van der Waals surface area (Å²) < 4.78 is 38.6. The number of aryl methyl sites for hydroxylation is 1. The molecule has 1 heterocycles. The quantitative estimate of drug-likeness (QED) is 0.835. The van der Waals surface area contributed by atoms with E-state index in [0.717, 1.165) is 5.56 Å². The van der Waals surface area contributed by atoms with Gasteiger partial charge in [-0.15, -0.1) is 0 Å². The summed E-state index contributed by atoms with van der Waals surface area (Å²) in [5.41, 5.74) is 6.32. The predicted octanol–water partition coefficient (Wildman–Crippen LogP) is 3.00. The van der Waals surface area contributed by atoms with Gasteiger partial charge in [-0.1, -0.05) is 18.2 Å². The minimum absolute atomic E-state index is 0.198. The van der Waals surface area contributed by atoms with Crippen molar-refractivity contribution in [3.05, 3.63) is 35.0 Å². The summed E-state index contributed by atoms with van der Waals surface area (Å²) in [5, 5.41) is 0.614. The van der Waals surface area contributed by atoms with E-state index in [1.54, 1.807) is 25.1 Å².